The number of nitrogens with one attached hydrogen (secondary N) is 1. The minimum atomic E-state index is -3.97. The zero-order valence-corrected chi connectivity index (χ0v) is 19.3. The fraction of sp³-hybridized carbons (Fsp3) is 0.304. The van der Waals surface area contributed by atoms with Crippen molar-refractivity contribution >= 4 is 16.0 Å². The molecule has 34 heavy (non-hydrogen) atoms. The van der Waals surface area contributed by atoms with Crippen molar-refractivity contribution in [1.29, 1.82) is 5.26 Å². The molecular formula is C23H22N4O6S. The van der Waals surface area contributed by atoms with Crippen molar-refractivity contribution in [3.8, 4) is 34.7 Å². The molecule has 10 nitrogen and oxygen atoms in total. The summed E-state index contributed by atoms with van der Waals surface area (Å²) >= 11 is 0. The monoisotopic (exact) mass is 482 g/mol. The van der Waals surface area contributed by atoms with Crippen molar-refractivity contribution in [2.45, 2.75) is 38.8 Å². The highest BCUT2D eigenvalue weighted by Crippen LogP contribution is 2.38. The molecule has 0 radical (unpaired) electrons. The van der Waals surface area contributed by atoms with Gasteiger partial charge in [0.2, 0.25) is 15.8 Å². The molecule has 0 amide bonds. The molecule has 0 saturated heterocycles. The first-order chi connectivity index (χ1) is 16.2. The molecule has 1 aliphatic rings. The summed E-state index contributed by atoms with van der Waals surface area (Å²) in [7, 11) is -3.97. The van der Waals surface area contributed by atoms with Gasteiger partial charge in [-0.2, -0.15) is 10.2 Å². The summed E-state index contributed by atoms with van der Waals surface area (Å²) < 4.78 is 37.8. The van der Waals surface area contributed by atoms with Crippen molar-refractivity contribution in [1.82, 2.24) is 14.9 Å². The lowest BCUT2D eigenvalue weighted by Gasteiger charge is -2.14. The SMILES string of the molecule is CC(C)Oc1ccc(-c2nc(-c3cccc4c3CC[C@@H]4NS(=O)(=O)CC(=O)O)no2)cc1C#N. The Morgan fingerprint density at radius 1 is 1.35 bits per heavy atom. The number of aliphatic carboxylic acids is 1. The molecule has 1 heterocycles. The van der Waals surface area contributed by atoms with Crippen molar-refractivity contribution in [2.24, 2.45) is 0 Å². The highest BCUT2D eigenvalue weighted by atomic mass is 32.2. The molecule has 11 heteroatoms. The number of fused-ring (bicyclic) bond motifs is 1. The molecule has 4 rings (SSSR count). The molecule has 0 bridgehead atoms. The molecule has 0 aliphatic heterocycles. The number of sulfonamides is 1. The predicted molar refractivity (Wildman–Crippen MR) is 121 cm³/mol. The molecule has 0 spiro atoms. The number of hydrogen-bond acceptors (Lipinski definition) is 8. The van der Waals surface area contributed by atoms with Gasteiger partial charge in [0.05, 0.1) is 11.7 Å². The van der Waals surface area contributed by atoms with E-state index in [0.29, 0.717) is 41.1 Å². The number of carboxylic acids is 1. The number of rotatable bonds is 8. The second kappa shape index (κ2) is 9.24. The van der Waals surface area contributed by atoms with Gasteiger partial charge < -0.3 is 14.4 Å². The van der Waals surface area contributed by atoms with Crippen molar-refractivity contribution in [3.05, 3.63) is 53.1 Å². The first-order valence-electron chi connectivity index (χ1n) is 10.6. The molecule has 1 aliphatic carbocycles. The number of nitrogens with zero attached hydrogens (tertiary/aromatic N) is 3. The molecule has 0 saturated carbocycles. The topological polar surface area (TPSA) is 155 Å². The van der Waals surface area contributed by atoms with E-state index in [0.717, 1.165) is 11.1 Å². The summed E-state index contributed by atoms with van der Waals surface area (Å²) in [6, 6.07) is 12.0. The maximum absolute atomic E-state index is 12.1. The molecule has 176 valence electrons. The number of hydrogen-bond donors (Lipinski definition) is 2. The molecule has 2 N–H and O–H groups in total. The van der Waals surface area contributed by atoms with Gasteiger partial charge in [-0.05, 0) is 56.0 Å². The number of ether oxygens (including phenoxy) is 1. The van der Waals surface area contributed by atoms with E-state index < -0.39 is 27.8 Å². The summed E-state index contributed by atoms with van der Waals surface area (Å²) in [5, 5.41) is 22.4. The third-order valence-electron chi connectivity index (χ3n) is 5.28. The normalized spacial score (nSPS) is 15.2. The molecule has 0 fully saturated rings. The van der Waals surface area contributed by atoms with Gasteiger partial charge in [-0.25, -0.2) is 13.1 Å². The third-order valence-corrected chi connectivity index (χ3v) is 6.55. The number of benzene rings is 2. The summed E-state index contributed by atoms with van der Waals surface area (Å²) in [5.41, 5.74) is 3.24. The molecule has 2 aromatic carbocycles. The van der Waals surface area contributed by atoms with Crippen LogP contribution in [-0.4, -0.2) is 41.5 Å². The molecular weight excluding hydrogens is 460 g/mol. The van der Waals surface area contributed by atoms with Gasteiger partial charge in [-0.1, -0.05) is 23.4 Å². The van der Waals surface area contributed by atoms with Crippen LogP contribution in [0.15, 0.2) is 40.9 Å². The first-order valence-corrected chi connectivity index (χ1v) is 12.2. The van der Waals surface area contributed by atoms with Gasteiger partial charge >= 0.3 is 5.97 Å². The third kappa shape index (κ3) is 4.93. The van der Waals surface area contributed by atoms with E-state index in [1.807, 2.05) is 19.9 Å². The number of aromatic nitrogens is 2. The van der Waals surface area contributed by atoms with Crippen LogP contribution in [0.4, 0.5) is 0 Å². The first kappa shape index (κ1) is 23.4. The highest BCUT2D eigenvalue weighted by Gasteiger charge is 2.30. The van der Waals surface area contributed by atoms with Crippen molar-refractivity contribution in [3.63, 3.8) is 0 Å². The van der Waals surface area contributed by atoms with Crippen molar-refractivity contribution < 1.29 is 27.6 Å². The van der Waals surface area contributed by atoms with E-state index in [1.54, 1.807) is 30.3 Å². The number of nitriles is 1. The largest absolute Gasteiger partial charge is 0.490 e. The van der Waals surface area contributed by atoms with Crippen LogP contribution in [0.5, 0.6) is 5.75 Å². The Morgan fingerprint density at radius 3 is 2.85 bits per heavy atom. The smallest absolute Gasteiger partial charge is 0.320 e. The Kier molecular flexibility index (Phi) is 6.37. The van der Waals surface area contributed by atoms with Crippen LogP contribution in [-0.2, 0) is 21.2 Å². The minimum absolute atomic E-state index is 0.0782. The van der Waals surface area contributed by atoms with E-state index in [4.69, 9.17) is 14.4 Å². The Morgan fingerprint density at radius 2 is 2.15 bits per heavy atom. The lowest BCUT2D eigenvalue weighted by Crippen LogP contribution is -2.32. The molecule has 1 atom stereocenters. The van der Waals surface area contributed by atoms with Gasteiger partial charge in [0.15, 0.2) is 5.75 Å². The predicted octanol–water partition coefficient (Wildman–Crippen LogP) is 3.05. The average Bonchev–Trinajstić information content (AvgIpc) is 3.40. The summed E-state index contributed by atoms with van der Waals surface area (Å²) in [6.07, 6.45) is 0.972. The maximum atomic E-state index is 12.1. The zero-order chi connectivity index (χ0) is 24.5. The molecule has 1 aromatic heterocycles. The second-order valence-corrected chi connectivity index (χ2v) is 9.90. The summed E-state index contributed by atoms with van der Waals surface area (Å²) in [6.45, 7) is 3.75. The quantitative estimate of drug-likeness (QED) is 0.492. The highest BCUT2D eigenvalue weighted by molar-refractivity contribution is 7.90. The van der Waals surface area contributed by atoms with Crippen LogP contribution in [0.3, 0.4) is 0 Å². The van der Waals surface area contributed by atoms with Gasteiger partial charge in [0.1, 0.15) is 11.8 Å². The van der Waals surface area contributed by atoms with E-state index in [9.17, 15) is 18.5 Å². The lowest BCUT2D eigenvalue weighted by molar-refractivity contribution is -0.134. The van der Waals surface area contributed by atoms with Crippen LogP contribution < -0.4 is 9.46 Å². The summed E-state index contributed by atoms with van der Waals surface area (Å²) in [4.78, 5) is 15.3. The Hall–Kier alpha value is -3.75. The number of carbonyl (C=O) groups is 1. The minimum Gasteiger partial charge on any atom is -0.490 e. The van der Waals surface area contributed by atoms with Crippen LogP contribution >= 0.6 is 0 Å². The van der Waals surface area contributed by atoms with E-state index >= 15 is 0 Å². The van der Waals surface area contributed by atoms with Gasteiger partial charge in [-0.15, -0.1) is 0 Å². The molecule has 0 unspecified atom stereocenters. The maximum Gasteiger partial charge on any atom is 0.320 e. The zero-order valence-electron chi connectivity index (χ0n) is 18.5. The average molecular weight is 483 g/mol. The van der Waals surface area contributed by atoms with Gasteiger partial charge in [0, 0.05) is 17.2 Å². The van der Waals surface area contributed by atoms with E-state index in [-0.39, 0.29) is 12.0 Å². The van der Waals surface area contributed by atoms with Crippen LogP contribution in [0.25, 0.3) is 22.8 Å². The Balaban J connectivity index is 1.62. The summed E-state index contributed by atoms with van der Waals surface area (Å²) in [5.74, 6) is -1.36. The van der Waals surface area contributed by atoms with Gasteiger partial charge in [0.25, 0.3) is 5.89 Å². The molecule has 3 aromatic rings. The Bertz CT molecular complexity index is 1390. The van der Waals surface area contributed by atoms with Crippen LogP contribution in [0, 0.1) is 11.3 Å². The standard InChI is InChI=1S/C23H22N4O6S/c1-13(2)32-20-9-6-14(10-15(20)11-24)23-25-22(26-33-23)18-5-3-4-17-16(18)7-8-19(17)27-34(30,31)12-21(28)29/h3-6,9-10,13,19,27H,7-8,12H2,1-2H3,(H,28,29)/t19-/m0/s1. The van der Waals surface area contributed by atoms with E-state index in [1.165, 1.54) is 0 Å². The van der Waals surface area contributed by atoms with E-state index in [2.05, 4.69) is 20.9 Å². The number of carboxylic acid groups (broad SMARTS) is 1. The fourth-order valence-corrected chi connectivity index (χ4v) is 5.05. The Labute approximate surface area is 196 Å². The van der Waals surface area contributed by atoms with Crippen LogP contribution in [0.1, 0.15) is 43.0 Å². The van der Waals surface area contributed by atoms with Gasteiger partial charge in [-0.3, -0.25) is 4.79 Å². The fourth-order valence-electron chi connectivity index (χ4n) is 3.96. The lowest BCUT2D eigenvalue weighted by atomic mass is 10.0. The second-order valence-electron chi connectivity index (χ2n) is 8.15. The van der Waals surface area contributed by atoms with Crippen LogP contribution in [0.2, 0.25) is 0 Å². The van der Waals surface area contributed by atoms with Crippen molar-refractivity contribution in [2.75, 3.05) is 5.75 Å².